The molecule has 0 heterocycles. The molecule has 0 aromatic rings. The highest BCUT2D eigenvalue weighted by Crippen LogP contribution is 2.68. The molecular weight excluding hydrogens is 312 g/mol. The molecule has 0 bridgehead atoms. The number of aliphatic carboxylic acids is 1. The molecule has 4 aliphatic carbocycles. The first kappa shape index (κ1) is 17.8. The Hall–Kier alpha value is -0.570. The van der Waals surface area contributed by atoms with Crippen molar-refractivity contribution >= 4 is 5.97 Å². The molecule has 4 aliphatic rings. The predicted molar refractivity (Wildman–Crippen MR) is 98.1 cm³/mol. The molecule has 2 N–H and O–H groups in total. The first-order valence-electron chi connectivity index (χ1n) is 10.7. The number of hydrogen-bond acceptors (Lipinski definition) is 2. The van der Waals surface area contributed by atoms with Crippen molar-refractivity contribution in [3.63, 3.8) is 0 Å². The molecule has 0 radical (unpaired) electrons. The lowest BCUT2D eigenvalue weighted by molar-refractivity contribution is -0.164. The highest BCUT2D eigenvalue weighted by atomic mass is 16.4. The number of hydrogen-bond donors (Lipinski definition) is 2. The van der Waals surface area contributed by atoms with Crippen molar-refractivity contribution in [3.05, 3.63) is 0 Å². The molecule has 25 heavy (non-hydrogen) atoms. The Labute approximate surface area is 152 Å². The highest BCUT2D eigenvalue weighted by Gasteiger charge is 2.62. The zero-order valence-corrected chi connectivity index (χ0v) is 16.3. The Morgan fingerprint density at radius 2 is 1.76 bits per heavy atom. The van der Waals surface area contributed by atoms with E-state index in [4.69, 9.17) is 0 Å². The van der Waals surface area contributed by atoms with Crippen molar-refractivity contribution in [2.45, 2.75) is 90.6 Å². The third kappa shape index (κ3) is 2.44. The fraction of sp³-hybridized carbons (Fsp3) is 0.955. The molecule has 3 heteroatoms. The number of rotatable bonds is 2. The number of carboxylic acid groups (broad SMARTS) is 1. The van der Waals surface area contributed by atoms with Gasteiger partial charge in [-0.2, -0.15) is 0 Å². The number of fused-ring (bicyclic) bond motifs is 5. The van der Waals surface area contributed by atoms with E-state index >= 15 is 0 Å². The Bertz CT molecular complexity index is 555. The molecule has 142 valence electrons. The maximum absolute atomic E-state index is 11.8. The van der Waals surface area contributed by atoms with Crippen LogP contribution < -0.4 is 0 Å². The molecule has 4 saturated carbocycles. The van der Waals surface area contributed by atoms with Crippen LogP contribution >= 0.6 is 0 Å². The lowest BCUT2D eigenvalue weighted by atomic mass is 9.43. The van der Waals surface area contributed by atoms with Crippen molar-refractivity contribution in [2.24, 2.45) is 40.4 Å². The van der Waals surface area contributed by atoms with Crippen molar-refractivity contribution in [3.8, 4) is 0 Å². The summed E-state index contributed by atoms with van der Waals surface area (Å²) < 4.78 is 0. The average Bonchev–Trinajstić information content (AvgIpc) is 2.91. The Morgan fingerprint density at radius 3 is 2.44 bits per heavy atom. The molecule has 0 amide bonds. The van der Waals surface area contributed by atoms with Crippen molar-refractivity contribution in [1.82, 2.24) is 0 Å². The van der Waals surface area contributed by atoms with Gasteiger partial charge in [0.05, 0.1) is 11.5 Å². The first-order chi connectivity index (χ1) is 11.7. The molecule has 0 spiro atoms. The summed E-state index contributed by atoms with van der Waals surface area (Å²) in [5.74, 6) is 2.08. The van der Waals surface area contributed by atoms with E-state index in [-0.39, 0.29) is 11.3 Å². The lowest BCUT2D eigenvalue weighted by Crippen LogP contribution is -2.56. The Balaban J connectivity index is 1.64. The van der Waals surface area contributed by atoms with Crippen LogP contribution in [0.5, 0.6) is 0 Å². The van der Waals surface area contributed by atoms with Crippen LogP contribution in [0.15, 0.2) is 0 Å². The molecule has 0 aromatic carbocycles. The second-order valence-corrected chi connectivity index (χ2v) is 10.5. The van der Waals surface area contributed by atoms with Crippen LogP contribution in [0.2, 0.25) is 0 Å². The zero-order chi connectivity index (χ0) is 18.0. The fourth-order valence-electron chi connectivity index (χ4n) is 8.35. The Kier molecular flexibility index (Phi) is 4.07. The molecule has 0 saturated heterocycles. The van der Waals surface area contributed by atoms with Crippen LogP contribution in [0.25, 0.3) is 0 Å². The van der Waals surface area contributed by atoms with Gasteiger partial charge in [-0.3, -0.25) is 4.79 Å². The van der Waals surface area contributed by atoms with Crippen LogP contribution in [0.3, 0.4) is 0 Å². The van der Waals surface area contributed by atoms with Crippen LogP contribution in [0.1, 0.15) is 85.0 Å². The van der Waals surface area contributed by atoms with E-state index in [9.17, 15) is 15.0 Å². The van der Waals surface area contributed by atoms with Crippen LogP contribution in [-0.2, 0) is 4.79 Å². The van der Waals surface area contributed by atoms with Crippen molar-refractivity contribution < 1.29 is 15.0 Å². The molecule has 4 rings (SSSR count). The molecule has 0 unspecified atom stereocenters. The Morgan fingerprint density at radius 1 is 1.00 bits per heavy atom. The van der Waals surface area contributed by atoms with Gasteiger partial charge in [0.25, 0.3) is 0 Å². The van der Waals surface area contributed by atoms with E-state index < -0.39 is 11.6 Å². The number of aliphatic hydroxyl groups is 1. The summed E-state index contributed by atoms with van der Waals surface area (Å²) in [7, 11) is 0. The van der Waals surface area contributed by atoms with Crippen LogP contribution in [0, 0.1) is 40.4 Å². The smallest absolute Gasteiger partial charge is 0.307 e. The van der Waals surface area contributed by atoms with Gasteiger partial charge < -0.3 is 10.2 Å². The van der Waals surface area contributed by atoms with Gasteiger partial charge in [0.1, 0.15) is 0 Å². The van der Waals surface area contributed by atoms with Gasteiger partial charge >= 0.3 is 5.97 Å². The normalized spacial score (nSPS) is 55.1. The van der Waals surface area contributed by atoms with Gasteiger partial charge in [-0.1, -0.05) is 13.8 Å². The van der Waals surface area contributed by atoms with Gasteiger partial charge in [-0.25, -0.2) is 0 Å². The van der Waals surface area contributed by atoms with E-state index in [1.54, 1.807) is 0 Å². The van der Waals surface area contributed by atoms with Gasteiger partial charge in [-0.05, 0) is 106 Å². The van der Waals surface area contributed by atoms with Crippen molar-refractivity contribution in [2.75, 3.05) is 0 Å². The molecule has 8 atom stereocenters. The van der Waals surface area contributed by atoms with E-state index in [1.807, 2.05) is 6.92 Å². The van der Waals surface area contributed by atoms with Crippen LogP contribution in [-0.4, -0.2) is 21.8 Å². The monoisotopic (exact) mass is 348 g/mol. The van der Waals surface area contributed by atoms with Crippen molar-refractivity contribution in [1.29, 1.82) is 0 Å². The largest absolute Gasteiger partial charge is 0.481 e. The summed E-state index contributed by atoms with van der Waals surface area (Å²) in [5, 5.41) is 20.4. The SMILES string of the molecule is CC[C@]12CC[C@@](C)(O)C[C@H]1CC[C@H]1[C@@H]3CC[C@H](C(=O)O)[C@@]3(C)CC[C@@H]12. The van der Waals surface area contributed by atoms with Gasteiger partial charge in [0.15, 0.2) is 0 Å². The third-order valence-corrected chi connectivity index (χ3v) is 9.61. The summed E-state index contributed by atoms with van der Waals surface area (Å²) in [6, 6.07) is 0. The number of carboxylic acids is 1. The third-order valence-electron chi connectivity index (χ3n) is 9.61. The summed E-state index contributed by atoms with van der Waals surface area (Å²) in [6.07, 6.45) is 11.2. The maximum atomic E-state index is 11.8. The number of carbonyl (C=O) groups is 1. The van der Waals surface area contributed by atoms with E-state index in [0.717, 1.165) is 43.9 Å². The molecule has 0 aromatic heterocycles. The fourth-order valence-corrected chi connectivity index (χ4v) is 8.35. The standard InChI is InChI=1S/C22H36O3/c1-4-22-12-11-20(2,25)13-14(22)5-6-15-16-7-8-18(19(23)24)21(16,3)10-9-17(15)22/h14-18,25H,4-13H2,1-3H3,(H,23,24)/t14-,15+,16+,17+,18-,20-,21+,22+/m1/s1. The predicted octanol–water partition coefficient (Wildman–Crippen LogP) is 4.87. The molecular formula is C22H36O3. The van der Waals surface area contributed by atoms with Gasteiger partial charge in [0, 0.05) is 0 Å². The average molecular weight is 349 g/mol. The van der Waals surface area contributed by atoms with E-state index in [2.05, 4.69) is 13.8 Å². The van der Waals surface area contributed by atoms with Gasteiger partial charge in [-0.15, -0.1) is 0 Å². The van der Waals surface area contributed by atoms with Crippen LogP contribution in [0.4, 0.5) is 0 Å². The lowest BCUT2D eigenvalue weighted by Gasteiger charge is -2.62. The summed E-state index contributed by atoms with van der Waals surface area (Å²) >= 11 is 0. The van der Waals surface area contributed by atoms with Gasteiger partial charge in [0.2, 0.25) is 0 Å². The second-order valence-electron chi connectivity index (χ2n) is 10.5. The summed E-state index contributed by atoms with van der Waals surface area (Å²) in [5.41, 5.74) is -0.0379. The summed E-state index contributed by atoms with van der Waals surface area (Å²) in [4.78, 5) is 11.8. The first-order valence-corrected chi connectivity index (χ1v) is 10.7. The van der Waals surface area contributed by atoms with E-state index in [1.165, 1.54) is 32.1 Å². The molecule has 4 fully saturated rings. The molecule has 3 nitrogen and oxygen atoms in total. The summed E-state index contributed by atoms with van der Waals surface area (Å²) in [6.45, 7) is 6.69. The maximum Gasteiger partial charge on any atom is 0.307 e. The topological polar surface area (TPSA) is 57.5 Å². The quantitative estimate of drug-likeness (QED) is 0.748. The second kappa shape index (κ2) is 5.71. The zero-order valence-electron chi connectivity index (χ0n) is 16.3. The van der Waals surface area contributed by atoms with E-state index in [0.29, 0.717) is 17.3 Å². The minimum Gasteiger partial charge on any atom is -0.481 e. The minimum absolute atomic E-state index is 0.0227. The highest BCUT2D eigenvalue weighted by molar-refractivity contribution is 5.71. The molecule has 0 aliphatic heterocycles. The minimum atomic E-state index is -0.559.